The summed E-state index contributed by atoms with van der Waals surface area (Å²) in [6.45, 7) is 0. The lowest BCUT2D eigenvalue weighted by molar-refractivity contribution is -0.400. The molecule has 2 fully saturated rings. The minimum absolute atomic E-state index is 0.0110. The van der Waals surface area contributed by atoms with Crippen molar-refractivity contribution in [3.05, 3.63) is 112 Å². The van der Waals surface area contributed by atoms with Crippen molar-refractivity contribution >= 4 is 40.0 Å². The standard InChI is InChI=1S/C34H32ClN2O2/c1-36-27-16-15-22(35)19-25(27)34(17-9-4-10-18-34)28(36)20-24-32(38)30(33(24)39)29-23-13-7-8-14-26(23)37(2)31(29)21-11-5-3-6-12-21/h3,5-8,11-16,19-20,24,32,38H,4,9-10,17-18H2,1-2H3/q+1. The molecular weight excluding hydrogens is 504 g/mol. The second-order valence-electron chi connectivity index (χ2n) is 11.3. The summed E-state index contributed by atoms with van der Waals surface area (Å²) in [7, 11) is 4.12. The van der Waals surface area contributed by atoms with Crippen LogP contribution in [0.1, 0.15) is 48.8 Å². The largest absolute Gasteiger partial charge is 0.387 e. The monoisotopic (exact) mass is 535 g/mol. The molecule has 5 heteroatoms. The molecule has 39 heavy (non-hydrogen) atoms. The van der Waals surface area contributed by atoms with Crippen LogP contribution in [0.25, 0.3) is 5.57 Å². The minimum atomic E-state index is -0.861. The van der Waals surface area contributed by atoms with Gasteiger partial charge in [-0.25, -0.2) is 0 Å². The summed E-state index contributed by atoms with van der Waals surface area (Å²) in [6, 6.07) is 24.4. The van der Waals surface area contributed by atoms with Gasteiger partial charge in [0, 0.05) is 46.1 Å². The molecule has 2 aliphatic heterocycles. The van der Waals surface area contributed by atoms with Gasteiger partial charge in [0.15, 0.2) is 5.78 Å². The summed E-state index contributed by atoms with van der Waals surface area (Å²) in [5.74, 6) is -0.555. The number of Topliss-reactive ketones (excluding diaryl/α,β-unsaturated/α-hetero) is 1. The van der Waals surface area contributed by atoms with Crippen molar-refractivity contribution < 1.29 is 14.5 Å². The number of allylic oxidation sites excluding steroid dienone is 2. The molecule has 2 saturated carbocycles. The lowest BCUT2D eigenvalue weighted by atomic mass is 9.66. The lowest BCUT2D eigenvalue weighted by Gasteiger charge is -2.39. The zero-order valence-corrected chi connectivity index (χ0v) is 23.1. The molecule has 7 rings (SSSR count). The highest BCUT2D eigenvalue weighted by atomic mass is 35.5. The highest BCUT2D eigenvalue weighted by molar-refractivity contribution is 6.37. The fourth-order valence-corrected chi connectivity index (χ4v) is 7.66. The third-order valence-corrected chi connectivity index (χ3v) is 9.59. The number of rotatable bonds is 2. The third kappa shape index (κ3) is 3.48. The number of para-hydroxylation sites is 1. The van der Waals surface area contributed by atoms with Crippen molar-refractivity contribution in [1.29, 1.82) is 0 Å². The molecule has 0 saturated heterocycles. The normalized spacial score (nSPS) is 26.3. The SMILES string of the molecule is CN1C(=CC2C(=O)C(=C3C(c4ccccc4)=[N+](C)c4ccccc43)C2O)C2(CCCCC2)c2cc(Cl)ccc21. The Hall–Kier alpha value is -3.47. The number of hydrogen-bond acceptors (Lipinski definition) is 3. The number of aliphatic hydroxyl groups is 1. The average Bonchev–Trinajstić information content (AvgIpc) is 3.36. The summed E-state index contributed by atoms with van der Waals surface area (Å²) in [6.07, 6.45) is 6.79. The first-order valence-electron chi connectivity index (χ1n) is 13.9. The number of ketones is 1. The summed E-state index contributed by atoms with van der Waals surface area (Å²) in [5, 5.41) is 12.4. The van der Waals surface area contributed by atoms with Crippen LogP contribution in [0.5, 0.6) is 0 Å². The molecule has 0 aromatic heterocycles. The Balaban J connectivity index is 1.34. The maximum atomic E-state index is 14.0. The smallest absolute Gasteiger partial charge is 0.221 e. The summed E-state index contributed by atoms with van der Waals surface area (Å²) >= 11 is 6.48. The van der Waals surface area contributed by atoms with Gasteiger partial charge in [-0.05, 0) is 54.8 Å². The number of hydrogen-bond donors (Lipinski definition) is 1. The molecule has 2 heterocycles. The summed E-state index contributed by atoms with van der Waals surface area (Å²) in [4.78, 5) is 16.2. The van der Waals surface area contributed by atoms with Crippen LogP contribution >= 0.6 is 11.6 Å². The zero-order valence-electron chi connectivity index (χ0n) is 22.3. The molecule has 1 spiro atoms. The van der Waals surface area contributed by atoms with Crippen molar-refractivity contribution in [2.24, 2.45) is 5.92 Å². The third-order valence-electron chi connectivity index (χ3n) is 9.36. The number of carbonyl (C=O) groups is 1. The van der Waals surface area contributed by atoms with E-state index in [4.69, 9.17) is 11.6 Å². The predicted molar refractivity (Wildman–Crippen MR) is 157 cm³/mol. The highest BCUT2D eigenvalue weighted by Gasteiger charge is 2.52. The fourth-order valence-electron chi connectivity index (χ4n) is 7.48. The van der Waals surface area contributed by atoms with Gasteiger partial charge in [-0.3, -0.25) is 4.79 Å². The van der Waals surface area contributed by atoms with Gasteiger partial charge in [0.1, 0.15) is 7.05 Å². The van der Waals surface area contributed by atoms with E-state index >= 15 is 0 Å². The van der Waals surface area contributed by atoms with Gasteiger partial charge in [0.2, 0.25) is 11.4 Å². The van der Waals surface area contributed by atoms with E-state index in [-0.39, 0.29) is 11.2 Å². The molecule has 2 aliphatic carbocycles. The first kappa shape index (κ1) is 24.6. The van der Waals surface area contributed by atoms with Crippen LogP contribution in [0, 0.1) is 5.92 Å². The van der Waals surface area contributed by atoms with E-state index in [1.54, 1.807) is 0 Å². The molecule has 0 amide bonds. The molecule has 1 N–H and O–H groups in total. The molecule has 196 valence electrons. The minimum Gasteiger partial charge on any atom is -0.387 e. The van der Waals surface area contributed by atoms with Crippen LogP contribution in [-0.4, -0.2) is 41.4 Å². The second kappa shape index (κ2) is 9.04. The Bertz CT molecular complexity index is 1610. The molecule has 0 radical (unpaired) electrons. The number of carbonyl (C=O) groups excluding carboxylic acids is 1. The molecule has 4 aliphatic rings. The number of halogens is 1. The number of anilines is 1. The quantitative estimate of drug-likeness (QED) is 0.294. The molecule has 0 bridgehead atoms. The number of likely N-dealkylation sites (N-methyl/N-ethyl adjacent to an activating group) is 1. The van der Waals surface area contributed by atoms with Crippen LogP contribution < -0.4 is 4.90 Å². The summed E-state index contributed by atoms with van der Waals surface area (Å²) < 4.78 is 2.14. The number of aliphatic hydroxyl groups excluding tert-OH is 1. The lowest BCUT2D eigenvalue weighted by Crippen LogP contribution is -2.46. The first-order chi connectivity index (χ1) is 18.9. The average molecular weight is 536 g/mol. The molecule has 2 unspecified atom stereocenters. The van der Waals surface area contributed by atoms with E-state index in [1.807, 2.05) is 43.4 Å². The van der Waals surface area contributed by atoms with Gasteiger partial charge in [-0.2, -0.15) is 4.58 Å². The zero-order chi connectivity index (χ0) is 26.9. The van der Waals surface area contributed by atoms with Crippen LogP contribution in [-0.2, 0) is 10.2 Å². The van der Waals surface area contributed by atoms with Gasteiger partial charge in [-0.1, -0.05) is 67.3 Å². The molecule has 2 atom stereocenters. The summed E-state index contributed by atoms with van der Waals surface area (Å²) in [5.41, 5.74) is 8.81. The van der Waals surface area contributed by atoms with E-state index < -0.39 is 12.0 Å². The van der Waals surface area contributed by atoms with Gasteiger partial charge in [0.05, 0.1) is 23.2 Å². The van der Waals surface area contributed by atoms with Crippen molar-refractivity contribution in [2.75, 3.05) is 19.0 Å². The van der Waals surface area contributed by atoms with E-state index in [0.29, 0.717) is 5.57 Å². The predicted octanol–water partition coefficient (Wildman–Crippen LogP) is 6.67. The number of fused-ring (bicyclic) bond motifs is 3. The maximum absolute atomic E-state index is 14.0. The van der Waals surface area contributed by atoms with Gasteiger partial charge >= 0.3 is 0 Å². The van der Waals surface area contributed by atoms with Crippen LogP contribution in [0.2, 0.25) is 5.02 Å². The Morgan fingerprint density at radius 3 is 2.46 bits per heavy atom. The highest BCUT2D eigenvalue weighted by Crippen LogP contribution is 2.56. The van der Waals surface area contributed by atoms with Crippen LogP contribution in [0.3, 0.4) is 0 Å². The first-order valence-corrected chi connectivity index (χ1v) is 14.3. The van der Waals surface area contributed by atoms with E-state index in [1.165, 1.54) is 12.0 Å². The molecule has 3 aromatic rings. The molecular formula is C34H32ClN2O2+. The number of benzene rings is 3. The van der Waals surface area contributed by atoms with Crippen LogP contribution in [0.4, 0.5) is 11.4 Å². The Morgan fingerprint density at radius 1 is 1.00 bits per heavy atom. The van der Waals surface area contributed by atoms with Crippen molar-refractivity contribution in [3.63, 3.8) is 0 Å². The van der Waals surface area contributed by atoms with Crippen molar-refractivity contribution in [1.82, 2.24) is 0 Å². The second-order valence-corrected chi connectivity index (χ2v) is 11.8. The van der Waals surface area contributed by atoms with E-state index in [9.17, 15) is 9.90 Å². The van der Waals surface area contributed by atoms with E-state index in [2.05, 4.69) is 59.0 Å². The van der Waals surface area contributed by atoms with Gasteiger partial charge in [0.25, 0.3) is 0 Å². The molecule has 4 nitrogen and oxygen atoms in total. The van der Waals surface area contributed by atoms with Crippen molar-refractivity contribution in [2.45, 2.75) is 43.6 Å². The maximum Gasteiger partial charge on any atom is 0.221 e. The van der Waals surface area contributed by atoms with Crippen LogP contribution in [0.15, 0.2) is 90.1 Å². The Morgan fingerprint density at radius 2 is 1.72 bits per heavy atom. The molecule has 3 aromatic carbocycles. The van der Waals surface area contributed by atoms with Gasteiger partial charge < -0.3 is 10.0 Å². The van der Waals surface area contributed by atoms with Crippen molar-refractivity contribution in [3.8, 4) is 0 Å². The number of nitrogens with zero attached hydrogens (tertiary/aromatic N) is 2. The van der Waals surface area contributed by atoms with Gasteiger partial charge in [-0.15, -0.1) is 0 Å². The fraction of sp³-hybridized carbons (Fsp3) is 0.294. The Kier molecular flexibility index (Phi) is 5.69. The Labute approximate surface area is 234 Å². The topological polar surface area (TPSA) is 43.5 Å². The van der Waals surface area contributed by atoms with E-state index in [0.717, 1.165) is 70.2 Å².